The SMILES string of the molecule is COCCN(CC1CCCN1)S(=O)(=O)c1cnc[nH]1. The molecule has 0 radical (unpaired) electrons. The van der Waals surface area contributed by atoms with Gasteiger partial charge in [-0.15, -0.1) is 0 Å². The highest BCUT2D eigenvalue weighted by Crippen LogP contribution is 2.15. The fraction of sp³-hybridized carbons (Fsp3) is 0.727. The van der Waals surface area contributed by atoms with Crippen molar-refractivity contribution in [1.29, 1.82) is 0 Å². The van der Waals surface area contributed by atoms with Gasteiger partial charge in [-0.05, 0) is 19.4 Å². The van der Waals surface area contributed by atoms with Gasteiger partial charge >= 0.3 is 0 Å². The topological polar surface area (TPSA) is 87.3 Å². The Morgan fingerprint density at radius 3 is 3.00 bits per heavy atom. The first kappa shape index (κ1) is 14.4. The number of aromatic nitrogens is 2. The predicted octanol–water partition coefficient (Wildman–Crippen LogP) is -0.201. The molecule has 1 atom stereocenters. The van der Waals surface area contributed by atoms with Crippen LogP contribution < -0.4 is 5.32 Å². The molecule has 1 aliphatic heterocycles. The monoisotopic (exact) mass is 288 g/mol. The highest BCUT2D eigenvalue weighted by Gasteiger charge is 2.29. The summed E-state index contributed by atoms with van der Waals surface area (Å²) in [4.78, 5) is 6.43. The number of ether oxygens (including phenoxy) is 1. The fourth-order valence-electron chi connectivity index (χ4n) is 2.18. The minimum atomic E-state index is -3.52. The van der Waals surface area contributed by atoms with E-state index in [4.69, 9.17) is 4.74 Å². The van der Waals surface area contributed by atoms with Crippen LogP contribution in [0.15, 0.2) is 17.6 Å². The van der Waals surface area contributed by atoms with E-state index in [1.165, 1.54) is 16.8 Å². The summed E-state index contributed by atoms with van der Waals surface area (Å²) < 4.78 is 31.4. The van der Waals surface area contributed by atoms with Crippen molar-refractivity contribution < 1.29 is 13.2 Å². The van der Waals surface area contributed by atoms with E-state index in [2.05, 4.69) is 15.3 Å². The standard InChI is InChI=1S/C11H20N4O3S/c1-18-6-5-15(8-10-3-2-4-13-10)19(16,17)11-7-12-9-14-11/h7,9-10,13H,2-6,8H2,1H3,(H,12,14). The Labute approximate surface area is 113 Å². The second-order valence-electron chi connectivity index (χ2n) is 4.56. The molecular formula is C11H20N4O3S. The Hall–Kier alpha value is -0.960. The number of aromatic amines is 1. The molecule has 108 valence electrons. The lowest BCUT2D eigenvalue weighted by Crippen LogP contribution is -2.42. The summed E-state index contributed by atoms with van der Waals surface area (Å²) in [7, 11) is -1.96. The van der Waals surface area contributed by atoms with E-state index in [0.717, 1.165) is 19.4 Å². The molecule has 1 aromatic heterocycles. The summed E-state index contributed by atoms with van der Waals surface area (Å²) in [6.07, 6.45) is 4.79. The first-order chi connectivity index (χ1) is 9.14. The van der Waals surface area contributed by atoms with E-state index in [-0.39, 0.29) is 11.1 Å². The summed E-state index contributed by atoms with van der Waals surface area (Å²) in [6, 6.07) is 0.217. The molecule has 0 aromatic carbocycles. The van der Waals surface area contributed by atoms with Crippen molar-refractivity contribution in [3.63, 3.8) is 0 Å². The van der Waals surface area contributed by atoms with Gasteiger partial charge in [0.15, 0.2) is 5.03 Å². The molecule has 0 saturated carbocycles. The highest BCUT2D eigenvalue weighted by atomic mass is 32.2. The van der Waals surface area contributed by atoms with Crippen molar-refractivity contribution in [2.24, 2.45) is 0 Å². The van der Waals surface area contributed by atoms with Crippen molar-refractivity contribution in [3.05, 3.63) is 12.5 Å². The summed E-state index contributed by atoms with van der Waals surface area (Å²) >= 11 is 0. The van der Waals surface area contributed by atoms with Crippen molar-refractivity contribution in [2.45, 2.75) is 23.9 Å². The maximum Gasteiger partial charge on any atom is 0.260 e. The molecule has 1 aliphatic rings. The van der Waals surface area contributed by atoms with Crippen LogP contribution in [0.2, 0.25) is 0 Å². The number of nitrogens with one attached hydrogen (secondary N) is 2. The van der Waals surface area contributed by atoms with Gasteiger partial charge in [-0.2, -0.15) is 4.31 Å². The lowest BCUT2D eigenvalue weighted by atomic mass is 10.2. The van der Waals surface area contributed by atoms with E-state index >= 15 is 0 Å². The van der Waals surface area contributed by atoms with E-state index in [1.54, 1.807) is 7.11 Å². The quantitative estimate of drug-likeness (QED) is 0.725. The molecule has 0 bridgehead atoms. The van der Waals surface area contributed by atoms with Gasteiger partial charge in [0.1, 0.15) is 0 Å². The number of nitrogens with zero attached hydrogens (tertiary/aromatic N) is 2. The second kappa shape index (κ2) is 6.47. The second-order valence-corrected chi connectivity index (χ2v) is 6.47. The third-order valence-electron chi connectivity index (χ3n) is 3.22. The molecule has 0 amide bonds. The number of hydrogen-bond acceptors (Lipinski definition) is 5. The number of imidazole rings is 1. The third kappa shape index (κ3) is 3.53. The molecule has 0 spiro atoms. The Morgan fingerprint density at radius 1 is 1.58 bits per heavy atom. The van der Waals surface area contributed by atoms with Crippen LogP contribution in [0.25, 0.3) is 0 Å². The van der Waals surface area contributed by atoms with Crippen LogP contribution in [0.1, 0.15) is 12.8 Å². The van der Waals surface area contributed by atoms with Gasteiger partial charge in [0.25, 0.3) is 10.0 Å². The van der Waals surface area contributed by atoms with Crippen LogP contribution in [0.3, 0.4) is 0 Å². The lowest BCUT2D eigenvalue weighted by Gasteiger charge is -2.24. The van der Waals surface area contributed by atoms with Crippen molar-refractivity contribution in [2.75, 3.05) is 33.4 Å². The fourth-order valence-corrected chi connectivity index (χ4v) is 3.55. The third-order valence-corrected chi connectivity index (χ3v) is 5.01. The van der Waals surface area contributed by atoms with Crippen LogP contribution in [-0.4, -0.2) is 62.1 Å². The molecule has 19 heavy (non-hydrogen) atoms. The van der Waals surface area contributed by atoms with Crippen LogP contribution in [0.4, 0.5) is 0 Å². The molecule has 1 unspecified atom stereocenters. The number of methoxy groups -OCH3 is 1. The molecular weight excluding hydrogens is 268 g/mol. The molecule has 1 aromatic rings. The lowest BCUT2D eigenvalue weighted by molar-refractivity contribution is 0.176. The van der Waals surface area contributed by atoms with Crippen LogP contribution in [0, 0.1) is 0 Å². The number of H-pyrrole nitrogens is 1. The first-order valence-corrected chi connectivity index (χ1v) is 7.79. The smallest absolute Gasteiger partial charge is 0.260 e. The Balaban J connectivity index is 2.11. The number of hydrogen-bond donors (Lipinski definition) is 2. The molecule has 7 nitrogen and oxygen atoms in total. The summed E-state index contributed by atoms with van der Waals surface area (Å²) in [5.74, 6) is 0. The molecule has 2 heterocycles. The molecule has 2 N–H and O–H groups in total. The zero-order valence-electron chi connectivity index (χ0n) is 11.0. The minimum Gasteiger partial charge on any atom is -0.383 e. The van der Waals surface area contributed by atoms with Crippen molar-refractivity contribution in [1.82, 2.24) is 19.6 Å². The van der Waals surface area contributed by atoms with E-state index in [0.29, 0.717) is 19.7 Å². The zero-order valence-corrected chi connectivity index (χ0v) is 11.8. The first-order valence-electron chi connectivity index (χ1n) is 6.35. The summed E-state index contributed by atoms with van der Waals surface area (Å²) in [5, 5.41) is 3.43. The van der Waals surface area contributed by atoms with Crippen molar-refractivity contribution >= 4 is 10.0 Å². The van der Waals surface area contributed by atoms with Gasteiger partial charge < -0.3 is 15.0 Å². The average Bonchev–Trinajstić information content (AvgIpc) is 3.06. The largest absolute Gasteiger partial charge is 0.383 e. The predicted molar refractivity (Wildman–Crippen MR) is 70.2 cm³/mol. The van der Waals surface area contributed by atoms with Crippen LogP contribution in [0.5, 0.6) is 0 Å². The van der Waals surface area contributed by atoms with Gasteiger partial charge in [-0.1, -0.05) is 0 Å². The summed E-state index contributed by atoms with van der Waals surface area (Å²) in [6.45, 7) is 2.13. The Bertz CT molecular complexity index is 468. The molecule has 1 saturated heterocycles. The molecule has 2 rings (SSSR count). The maximum atomic E-state index is 12.5. The molecule has 1 fully saturated rings. The van der Waals surface area contributed by atoms with Gasteiger partial charge in [0.2, 0.25) is 0 Å². The maximum absolute atomic E-state index is 12.5. The van der Waals surface area contributed by atoms with Gasteiger partial charge in [-0.3, -0.25) is 0 Å². The highest BCUT2D eigenvalue weighted by molar-refractivity contribution is 7.89. The zero-order chi connectivity index (χ0) is 13.7. The molecule has 8 heteroatoms. The molecule has 0 aliphatic carbocycles. The van der Waals surface area contributed by atoms with Crippen LogP contribution >= 0.6 is 0 Å². The van der Waals surface area contributed by atoms with E-state index < -0.39 is 10.0 Å². The normalized spacial score (nSPS) is 20.2. The number of rotatable bonds is 7. The van der Waals surface area contributed by atoms with E-state index in [9.17, 15) is 8.42 Å². The Kier molecular flexibility index (Phi) is 4.92. The summed E-state index contributed by atoms with van der Waals surface area (Å²) in [5.41, 5.74) is 0. The van der Waals surface area contributed by atoms with Crippen molar-refractivity contribution in [3.8, 4) is 0 Å². The Morgan fingerprint density at radius 2 is 2.42 bits per heavy atom. The average molecular weight is 288 g/mol. The van der Waals surface area contributed by atoms with Crippen LogP contribution in [-0.2, 0) is 14.8 Å². The van der Waals surface area contributed by atoms with Gasteiger partial charge in [-0.25, -0.2) is 13.4 Å². The van der Waals surface area contributed by atoms with Gasteiger partial charge in [0.05, 0.1) is 19.1 Å². The minimum absolute atomic E-state index is 0.126. The number of sulfonamides is 1. The van der Waals surface area contributed by atoms with E-state index in [1.807, 2.05) is 0 Å². The van der Waals surface area contributed by atoms with Gasteiger partial charge in [0, 0.05) is 26.2 Å².